The summed E-state index contributed by atoms with van der Waals surface area (Å²) in [6.07, 6.45) is -0.374. The first kappa shape index (κ1) is 26.3. The standard InChI is InChI=1S/C27H27ClO9/c1-13-10-17(29)21(16(11-20(30)36-5)14-6-8-15(33-2)9-7-14)25(31)27(13)26(32)22-18(34-3)12-19(35-4)23(28)24(22)37-27/h6-9,12-13,16,31H,10-11H2,1-5H3/t13-,16-,27+/m1/s1. The molecule has 2 aromatic rings. The smallest absolute Gasteiger partial charge is 0.306 e. The van der Waals surface area contributed by atoms with Gasteiger partial charge in [-0.3, -0.25) is 14.4 Å². The van der Waals surface area contributed by atoms with E-state index in [0.717, 1.165) is 0 Å². The molecule has 1 aliphatic heterocycles. The highest BCUT2D eigenvalue weighted by atomic mass is 35.5. The average molecular weight is 531 g/mol. The molecule has 1 heterocycles. The quantitative estimate of drug-likeness (QED) is 0.518. The summed E-state index contributed by atoms with van der Waals surface area (Å²) < 4.78 is 27.0. The van der Waals surface area contributed by atoms with Gasteiger partial charge in [0.25, 0.3) is 0 Å². The van der Waals surface area contributed by atoms with Crippen LogP contribution >= 0.6 is 11.6 Å². The zero-order valence-electron chi connectivity index (χ0n) is 21.0. The Morgan fingerprint density at radius 1 is 1.11 bits per heavy atom. The van der Waals surface area contributed by atoms with Crippen molar-refractivity contribution < 1.29 is 43.2 Å². The number of allylic oxidation sites excluding steroid dienone is 1. The molecule has 0 bridgehead atoms. The molecule has 10 heteroatoms. The van der Waals surface area contributed by atoms with Gasteiger partial charge in [0.05, 0.1) is 34.9 Å². The van der Waals surface area contributed by atoms with E-state index >= 15 is 0 Å². The molecule has 196 valence electrons. The molecule has 1 aliphatic carbocycles. The lowest BCUT2D eigenvalue weighted by Gasteiger charge is -2.38. The maximum absolute atomic E-state index is 14.0. The first-order chi connectivity index (χ1) is 17.6. The molecule has 37 heavy (non-hydrogen) atoms. The minimum absolute atomic E-state index is 0.0102. The van der Waals surface area contributed by atoms with Crippen molar-refractivity contribution in [3.63, 3.8) is 0 Å². The van der Waals surface area contributed by atoms with Crippen LogP contribution in [0.15, 0.2) is 41.7 Å². The summed E-state index contributed by atoms with van der Waals surface area (Å²) in [5, 5.41) is 11.8. The van der Waals surface area contributed by atoms with Gasteiger partial charge in [0.1, 0.15) is 27.8 Å². The third-order valence-electron chi connectivity index (χ3n) is 6.98. The molecule has 1 spiro atoms. The highest BCUT2D eigenvalue weighted by molar-refractivity contribution is 6.35. The van der Waals surface area contributed by atoms with Crippen LogP contribution in [0.2, 0.25) is 5.02 Å². The maximum atomic E-state index is 14.0. The van der Waals surface area contributed by atoms with Crippen LogP contribution in [0.25, 0.3) is 0 Å². The molecule has 0 fully saturated rings. The Bertz CT molecular complexity index is 1300. The second-order valence-electron chi connectivity index (χ2n) is 8.86. The molecular formula is C27H27ClO9. The molecule has 3 atom stereocenters. The van der Waals surface area contributed by atoms with Crippen LogP contribution in [0.5, 0.6) is 23.0 Å². The number of hydrogen-bond donors (Lipinski definition) is 1. The average Bonchev–Trinajstić information content (AvgIpc) is 3.22. The number of carbonyl (C=O) groups is 3. The Kier molecular flexibility index (Phi) is 7.10. The number of aliphatic hydroxyl groups is 1. The van der Waals surface area contributed by atoms with E-state index in [9.17, 15) is 19.5 Å². The summed E-state index contributed by atoms with van der Waals surface area (Å²) in [5.74, 6) is -2.94. The fourth-order valence-electron chi connectivity index (χ4n) is 5.01. The summed E-state index contributed by atoms with van der Waals surface area (Å²) in [6.45, 7) is 1.63. The minimum Gasteiger partial charge on any atom is -0.507 e. The van der Waals surface area contributed by atoms with Crippen molar-refractivity contribution in [2.45, 2.75) is 31.3 Å². The van der Waals surface area contributed by atoms with Gasteiger partial charge in [-0.2, -0.15) is 0 Å². The molecule has 0 saturated heterocycles. The van der Waals surface area contributed by atoms with Crippen LogP contribution in [-0.2, 0) is 14.3 Å². The van der Waals surface area contributed by atoms with Crippen LogP contribution in [0.4, 0.5) is 0 Å². The number of Topliss-reactive ketones (excluding diaryl/α,β-unsaturated/α-hetero) is 2. The lowest BCUT2D eigenvalue weighted by molar-refractivity contribution is -0.140. The number of ether oxygens (including phenoxy) is 5. The molecule has 0 saturated carbocycles. The molecule has 2 aromatic carbocycles. The second kappa shape index (κ2) is 9.97. The number of benzene rings is 2. The highest BCUT2D eigenvalue weighted by Crippen LogP contribution is 2.55. The Balaban J connectivity index is 1.94. The molecule has 0 radical (unpaired) electrons. The van der Waals surface area contributed by atoms with Gasteiger partial charge in [-0.1, -0.05) is 30.7 Å². The number of ketones is 2. The van der Waals surface area contributed by atoms with Gasteiger partial charge >= 0.3 is 5.97 Å². The van der Waals surface area contributed by atoms with E-state index in [1.807, 2.05) is 0 Å². The Morgan fingerprint density at radius 2 is 1.76 bits per heavy atom. The van der Waals surface area contributed by atoms with Crippen LogP contribution in [0, 0.1) is 5.92 Å². The van der Waals surface area contributed by atoms with Crippen molar-refractivity contribution >= 4 is 29.1 Å². The molecule has 0 unspecified atom stereocenters. The number of methoxy groups -OCH3 is 4. The molecule has 0 amide bonds. The highest BCUT2D eigenvalue weighted by Gasteiger charge is 2.61. The van der Waals surface area contributed by atoms with Gasteiger partial charge in [0, 0.05) is 29.9 Å². The van der Waals surface area contributed by atoms with Crippen LogP contribution in [0.1, 0.15) is 41.6 Å². The van der Waals surface area contributed by atoms with Crippen molar-refractivity contribution in [2.75, 3.05) is 28.4 Å². The van der Waals surface area contributed by atoms with Crippen LogP contribution in [-0.4, -0.2) is 56.7 Å². The molecule has 1 N–H and O–H groups in total. The van der Waals surface area contributed by atoms with Gasteiger partial charge in [-0.25, -0.2) is 0 Å². The van der Waals surface area contributed by atoms with Crippen molar-refractivity contribution in [1.82, 2.24) is 0 Å². The summed E-state index contributed by atoms with van der Waals surface area (Å²) in [7, 11) is 5.53. The van der Waals surface area contributed by atoms with Gasteiger partial charge in [0.2, 0.25) is 11.4 Å². The normalized spacial score (nSPS) is 21.4. The SMILES string of the molecule is COC(=O)C[C@@H](C1=C(O)[C@@]2(Oc3c(Cl)c(OC)cc(OC)c3C2=O)[C@H](C)CC1=O)c1ccc(OC)cc1. The fraction of sp³-hybridized carbons (Fsp3) is 0.370. The topological polar surface area (TPSA) is 118 Å². The van der Waals surface area contributed by atoms with Crippen molar-refractivity contribution in [1.29, 1.82) is 0 Å². The molecular weight excluding hydrogens is 504 g/mol. The first-order valence-corrected chi connectivity index (χ1v) is 11.9. The summed E-state index contributed by atoms with van der Waals surface area (Å²) >= 11 is 6.49. The van der Waals surface area contributed by atoms with Crippen LogP contribution in [0.3, 0.4) is 0 Å². The number of aliphatic hydroxyl groups excluding tert-OH is 1. The predicted molar refractivity (Wildman–Crippen MR) is 133 cm³/mol. The summed E-state index contributed by atoms with van der Waals surface area (Å²) in [6, 6.07) is 8.17. The number of fused-ring (bicyclic) bond motifs is 1. The largest absolute Gasteiger partial charge is 0.507 e. The minimum atomic E-state index is -1.95. The van der Waals surface area contributed by atoms with Gasteiger partial charge in [0.15, 0.2) is 17.3 Å². The van der Waals surface area contributed by atoms with Gasteiger partial charge in [-0.05, 0) is 17.7 Å². The Labute approximate surface area is 218 Å². The summed E-state index contributed by atoms with van der Waals surface area (Å²) in [5.41, 5.74) is -1.47. The van der Waals surface area contributed by atoms with E-state index in [0.29, 0.717) is 11.3 Å². The molecule has 9 nitrogen and oxygen atoms in total. The number of esters is 1. The van der Waals surface area contributed by atoms with E-state index in [2.05, 4.69) is 0 Å². The van der Waals surface area contributed by atoms with E-state index in [4.69, 9.17) is 35.3 Å². The van der Waals surface area contributed by atoms with Crippen molar-refractivity contribution in [3.8, 4) is 23.0 Å². The van der Waals surface area contributed by atoms with Gasteiger partial charge in [-0.15, -0.1) is 0 Å². The van der Waals surface area contributed by atoms with Crippen molar-refractivity contribution in [3.05, 3.63) is 57.8 Å². The first-order valence-electron chi connectivity index (χ1n) is 11.5. The number of hydrogen-bond acceptors (Lipinski definition) is 9. The lowest BCUT2D eigenvalue weighted by Crippen LogP contribution is -2.53. The van der Waals surface area contributed by atoms with E-state index in [1.54, 1.807) is 31.2 Å². The van der Waals surface area contributed by atoms with Crippen molar-refractivity contribution in [2.24, 2.45) is 5.92 Å². The van der Waals surface area contributed by atoms with Gasteiger partial charge < -0.3 is 28.8 Å². The number of rotatable bonds is 7. The third kappa shape index (κ3) is 4.07. The van der Waals surface area contributed by atoms with E-state index in [1.165, 1.54) is 34.5 Å². The molecule has 0 aromatic heterocycles. The zero-order chi connectivity index (χ0) is 27.1. The van der Waals surface area contributed by atoms with Crippen LogP contribution < -0.4 is 18.9 Å². The third-order valence-corrected chi connectivity index (χ3v) is 7.33. The number of carbonyl (C=O) groups excluding carboxylic acids is 3. The second-order valence-corrected chi connectivity index (χ2v) is 9.24. The maximum Gasteiger partial charge on any atom is 0.306 e. The fourth-order valence-corrected chi connectivity index (χ4v) is 5.28. The predicted octanol–water partition coefficient (Wildman–Crippen LogP) is 4.45. The molecule has 4 rings (SSSR count). The number of halogens is 1. The molecule has 2 aliphatic rings. The summed E-state index contributed by atoms with van der Waals surface area (Å²) in [4.78, 5) is 39.8. The Morgan fingerprint density at radius 3 is 2.32 bits per heavy atom. The monoisotopic (exact) mass is 530 g/mol. The zero-order valence-corrected chi connectivity index (χ0v) is 21.8. The van der Waals surface area contributed by atoms with E-state index < -0.39 is 40.7 Å². The lowest BCUT2D eigenvalue weighted by atomic mass is 9.69. The Hall–Kier alpha value is -3.72. The van der Waals surface area contributed by atoms with E-state index in [-0.39, 0.29) is 46.2 Å².